The van der Waals surface area contributed by atoms with Crippen molar-refractivity contribution >= 4 is 11.7 Å². The number of aromatic nitrogens is 3. The molecule has 4 rings (SSSR count). The van der Waals surface area contributed by atoms with E-state index in [1.165, 1.54) is 5.56 Å². The van der Waals surface area contributed by atoms with Crippen LogP contribution in [0.4, 0.5) is 5.82 Å². The third-order valence-corrected chi connectivity index (χ3v) is 6.45. The van der Waals surface area contributed by atoms with Gasteiger partial charge in [0.1, 0.15) is 11.6 Å². The number of piperidine rings is 2. The molecule has 0 saturated carbocycles. The van der Waals surface area contributed by atoms with Crippen molar-refractivity contribution in [3.8, 4) is 0 Å². The van der Waals surface area contributed by atoms with E-state index in [4.69, 9.17) is 4.98 Å². The Balaban J connectivity index is 1.44. The summed E-state index contributed by atoms with van der Waals surface area (Å²) in [6.45, 7) is 7.70. The molecule has 2 aliphatic rings. The van der Waals surface area contributed by atoms with Crippen molar-refractivity contribution in [3.63, 3.8) is 0 Å². The summed E-state index contributed by atoms with van der Waals surface area (Å²) in [4.78, 5) is 30.4. The van der Waals surface area contributed by atoms with Crippen molar-refractivity contribution in [2.45, 2.75) is 58.9 Å². The third-order valence-electron chi connectivity index (χ3n) is 6.45. The Morgan fingerprint density at radius 1 is 1.17 bits per heavy atom. The number of carbonyl (C=O) groups excluding carboxylic acids is 1. The fourth-order valence-corrected chi connectivity index (χ4v) is 4.76. The molecule has 1 amide bonds. The Kier molecular flexibility index (Phi) is 5.79. The van der Waals surface area contributed by atoms with E-state index in [2.05, 4.69) is 27.9 Å². The summed E-state index contributed by atoms with van der Waals surface area (Å²) in [5.41, 5.74) is 2.60. The highest BCUT2D eigenvalue weighted by Crippen LogP contribution is 2.41. The second-order valence-corrected chi connectivity index (χ2v) is 8.61. The smallest absolute Gasteiger partial charge is 0.222 e. The van der Waals surface area contributed by atoms with E-state index in [0.717, 1.165) is 68.9 Å². The summed E-state index contributed by atoms with van der Waals surface area (Å²) in [6, 6.07) is 3.99. The third kappa shape index (κ3) is 4.41. The molecule has 1 spiro atoms. The molecule has 2 aromatic rings. The molecule has 2 saturated heterocycles. The molecule has 29 heavy (non-hydrogen) atoms. The number of carbonyl (C=O) groups is 1. The minimum absolute atomic E-state index is 0.236. The second-order valence-electron chi connectivity index (χ2n) is 8.61. The van der Waals surface area contributed by atoms with Gasteiger partial charge in [0, 0.05) is 56.8 Å². The van der Waals surface area contributed by atoms with Crippen molar-refractivity contribution < 1.29 is 4.79 Å². The number of hydrogen-bond acceptors (Lipinski definition) is 5. The Hall–Kier alpha value is -2.50. The normalized spacial score (nSPS) is 19.0. The fourth-order valence-electron chi connectivity index (χ4n) is 4.76. The van der Waals surface area contributed by atoms with Crippen molar-refractivity contribution in [3.05, 3.63) is 47.7 Å². The van der Waals surface area contributed by atoms with Crippen molar-refractivity contribution in [2.75, 3.05) is 24.5 Å². The predicted molar refractivity (Wildman–Crippen MR) is 114 cm³/mol. The number of aryl methyl sites for hydroxylation is 2. The van der Waals surface area contributed by atoms with Gasteiger partial charge in [0.25, 0.3) is 0 Å². The highest BCUT2D eigenvalue weighted by atomic mass is 16.2. The van der Waals surface area contributed by atoms with Gasteiger partial charge in [-0.1, -0.05) is 19.4 Å². The number of likely N-dealkylation sites (tertiary alicyclic amines) is 1. The molecule has 0 N–H and O–H groups in total. The Morgan fingerprint density at radius 2 is 2.00 bits per heavy atom. The molecule has 0 bridgehead atoms. The molecule has 154 valence electrons. The number of amides is 1. The van der Waals surface area contributed by atoms with Gasteiger partial charge in [-0.2, -0.15) is 0 Å². The summed E-state index contributed by atoms with van der Waals surface area (Å²) in [6.07, 6.45) is 11.6. The second kappa shape index (κ2) is 8.47. The average molecular weight is 394 g/mol. The van der Waals surface area contributed by atoms with Crippen LogP contribution in [0.5, 0.6) is 0 Å². The predicted octanol–water partition coefficient (Wildman–Crippen LogP) is 3.54. The minimum atomic E-state index is 0.236. The zero-order valence-electron chi connectivity index (χ0n) is 17.6. The van der Waals surface area contributed by atoms with Gasteiger partial charge >= 0.3 is 0 Å². The first-order valence-corrected chi connectivity index (χ1v) is 10.8. The van der Waals surface area contributed by atoms with Crippen molar-refractivity contribution in [1.82, 2.24) is 19.9 Å². The first-order valence-electron chi connectivity index (χ1n) is 10.8. The van der Waals surface area contributed by atoms with E-state index < -0.39 is 0 Å². The molecule has 2 aliphatic heterocycles. The Labute approximate surface area is 173 Å². The first-order chi connectivity index (χ1) is 14.1. The van der Waals surface area contributed by atoms with Crippen LogP contribution < -0.4 is 4.90 Å². The first kappa shape index (κ1) is 19.8. The highest BCUT2D eigenvalue weighted by Gasteiger charge is 2.41. The lowest BCUT2D eigenvalue weighted by Gasteiger charge is -2.48. The maximum absolute atomic E-state index is 12.5. The summed E-state index contributed by atoms with van der Waals surface area (Å²) in [5, 5.41) is 0. The lowest BCUT2D eigenvalue weighted by molar-refractivity contribution is -0.139. The van der Waals surface area contributed by atoms with Crippen molar-refractivity contribution in [1.29, 1.82) is 0 Å². The van der Waals surface area contributed by atoms with Crippen LogP contribution in [0.25, 0.3) is 0 Å². The zero-order valence-corrected chi connectivity index (χ0v) is 17.6. The molecule has 2 fully saturated rings. The largest absolute Gasteiger partial charge is 0.356 e. The molecular formula is C23H31N5O. The maximum atomic E-state index is 12.5. The lowest BCUT2D eigenvalue weighted by atomic mass is 9.72. The van der Waals surface area contributed by atoms with Crippen LogP contribution in [0.15, 0.2) is 30.7 Å². The molecule has 6 heteroatoms. The summed E-state index contributed by atoms with van der Waals surface area (Å²) in [7, 11) is 0. The summed E-state index contributed by atoms with van der Waals surface area (Å²) in [5.74, 6) is 2.23. The van der Waals surface area contributed by atoms with E-state index in [0.29, 0.717) is 13.0 Å². The van der Waals surface area contributed by atoms with Gasteiger partial charge in [-0.05, 0) is 49.7 Å². The number of rotatable bonds is 5. The van der Waals surface area contributed by atoms with Crippen molar-refractivity contribution in [2.24, 2.45) is 5.41 Å². The van der Waals surface area contributed by atoms with Gasteiger partial charge in [0.15, 0.2) is 0 Å². The zero-order chi connectivity index (χ0) is 20.3. The van der Waals surface area contributed by atoms with Crippen LogP contribution in [0.3, 0.4) is 0 Å². The SMILES string of the molecule is CCCc1cnc(C)nc1N1CCC2(CCC(=O)N(Cc3cccnc3)C2)CC1. The van der Waals surface area contributed by atoms with Gasteiger partial charge in [-0.15, -0.1) is 0 Å². The highest BCUT2D eigenvalue weighted by molar-refractivity contribution is 5.77. The minimum Gasteiger partial charge on any atom is -0.356 e. The average Bonchev–Trinajstić information content (AvgIpc) is 2.74. The molecule has 4 heterocycles. The molecule has 2 aromatic heterocycles. The molecule has 0 unspecified atom stereocenters. The topological polar surface area (TPSA) is 62.2 Å². The van der Waals surface area contributed by atoms with E-state index in [1.54, 1.807) is 6.20 Å². The van der Waals surface area contributed by atoms with Gasteiger partial charge in [0.2, 0.25) is 5.91 Å². The number of hydrogen-bond donors (Lipinski definition) is 0. The van der Waals surface area contributed by atoms with Gasteiger partial charge in [-0.3, -0.25) is 9.78 Å². The lowest BCUT2D eigenvalue weighted by Crippen LogP contribution is -2.51. The summed E-state index contributed by atoms with van der Waals surface area (Å²) < 4.78 is 0. The molecule has 0 aliphatic carbocycles. The number of pyridine rings is 1. The van der Waals surface area contributed by atoms with E-state index in [-0.39, 0.29) is 11.3 Å². The van der Waals surface area contributed by atoms with E-state index in [9.17, 15) is 4.79 Å². The van der Waals surface area contributed by atoms with Crippen LogP contribution in [-0.2, 0) is 17.8 Å². The summed E-state index contributed by atoms with van der Waals surface area (Å²) >= 11 is 0. The Morgan fingerprint density at radius 3 is 2.72 bits per heavy atom. The molecule has 6 nitrogen and oxygen atoms in total. The standard InChI is InChI=1S/C23H31N5O/c1-3-5-20-15-25-18(2)26-22(20)27-12-9-23(10-13-27)8-7-21(29)28(17-23)16-19-6-4-11-24-14-19/h4,6,11,14-15H,3,5,7-10,12-13,16-17H2,1-2H3. The van der Waals surface area contributed by atoms with Crippen LogP contribution in [0, 0.1) is 12.3 Å². The van der Waals surface area contributed by atoms with Crippen LogP contribution in [0.1, 0.15) is 56.0 Å². The Bertz CT molecular complexity index is 846. The van der Waals surface area contributed by atoms with E-state index in [1.807, 2.05) is 30.3 Å². The molecule has 0 radical (unpaired) electrons. The van der Waals surface area contributed by atoms with Gasteiger partial charge in [0.05, 0.1) is 0 Å². The van der Waals surface area contributed by atoms with Crippen LogP contribution in [-0.4, -0.2) is 45.4 Å². The molecule has 0 atom stereocenters. The monoisotopic (exact) mass is 393 g/mol. The number of anilines is 1. The van der Waals surface area contributed by atoms with Gasteiger partial charge < -0.3 is 9.80 Å². The quantitative estimate of drug-likeness (QED) is 0.777. The van der Waals surface area contributed by atoms with Gasteiger partial charge in [-0.25, -0.2) is 9.97 Å². The van der Waals surface area contributed by atoms with Crippen LogP contribution >= 0.6 is 0 Å². The maximum Gasteiger partial charge on any atom is 0.222 e. The van der Waals surface area contributed by atoms with E-state index >= 15 is 0 Å². The number of nitrogens with zero attached hydrogens (tertiary/aromatic N) is 5. The van der Waals surface area contributed by atoms with Crippen LogP contribution in [0.2, 0.25) is 0 Å². The molecule has 0 aromatic carbocycles. The molecular weight excluding hydrogens is 362 g/mol. The fraction of sp³-hybridized carbons (Fsp3) is 0.565.